The first-order chi connectivity index (χ1) is 12.5. The van der Waals surface area contributed by atoms with Crippen LogP contribution in [0.25, 0.3) is 11.0 Å². The molecule has 0 radical (unpaired) electrons. The summed E-state index contributed by atoms with van der Waals surface area (Å²) in [5.41, 5.74) is 1.47. The topological polar surface area (TPSA) is 69.9 Å². The third-order valence-electron chi connectivity index (χ3n) is 3.88. The zero-order valence-electron chi connectivity index (χ0n) is 14.6. The number of hydrogen-bond donors (Lipinski definition) is 1. The Labute approximate surface area is 159 Å². The minimum atomic E-state index is -0.300. The van der Waals surface area contributed by atoms with Crippen molar-refractivity contribution in [3.63, 3.8) is 0 Å². The van der Waals surface area contributed by atoms with Crippen molar-refractivity contribution in [2.75, 3.05) is 21.3 Å². The van der Waals surface area contributed by atoms with Gasteiger partial charge in [-0.1, -0.05) is 15.9 Å². The van der Waals surface area contributed by atoms with Crippen molar-refractivity contribution in [2.24, 2.45) is 0 Å². The van der Waals surface area contributed by atoms with Crippen LogP contribution in [0.15, 0.2) is 45.3 Å². The molecule has 2 aromatic carbocycles. The van der Waals surface area contributed by atoms with Gasteiger partial charge < -0.3 is 23.9 Å². The predicted molar refractivity (Wildman–Crippen MR) is 101 cm³/mol. The van der Waals surface area contributed by atoms with Crippen LogP contribution in [-0.2, 0) is 6.54 Å². The first kappa shape index (κ1) is 18.1. The zero-order valence-corrected chi connectivity index (χ0v) is 16.2. The Bertz CT molecular complexity index is 925. The molecule has 1 heterocycles. The van der Waals surface area contributed by atoms with E-state index < -0.39 is 0 Å². The van der Waals surface area contributed by atoms with Crippen molar-refractivity contribution < 1.29 is 23.4 Å². The van der Waals surface area contributed by atoms with Crippen molar-refractivity contribution in [3.05, 3.63) is 52.2 Å². The molecule has 3 rings (SSSR count). The second kappa shape index (κ2) is 7.70. The summed E-state index contributed by atoms with van der Waals surface area (Å²) in [6.45, 7) is 0.288. The molecule has 26 heavy (non-hydrogen) atoms. The Hall–Kier alpha value is -2.67. The van der Waals surface area contributed by atoms with E-state index in [1.807, 2.05) is 18.2 Å². The van der Waals surface area contributed by atoms with Crippen LogP contribution in [0.1, 0.15) is 16.1 Å². The molecule has 7 heteroatoms. The number of rotatable bonds is 6. The molecule has 1 N–H and O–H groups in total. The van der Waals surface area contributed by atoms with Crippen LogP contribution in [0.3, 0.4) is 0 Å². The number of nitrogens with one attached hydrogen (secondary N) is 1. The van der Waals surface area contributed by atoms with Crippen LogP contribution < -0.4 is 19.5 Å². The highest BCUT2D eigenvalue weighted by Gasteiger charge is 2.15. The molecular formula is C19H18BrNO5. The van der Waals surface area contributed by atoms with Gasteiger partial charge in [0.25, 0.3) is 5.91 Å². The molecule has 6 nitrogen and oxygen atoms in total. The summed E-state index contributed by atoms with van der Waals surface area (Å²) in [6, 6.07) is 10.9. The molecular weight excluding hydrogens is 402 g/mol. The third kappa shape index (κ3) is 3.62. The summed E-state index contributed by atoms with van der Waals surface area (Å²) in [5.74, 6) is 1.53. The van der Waals surface area contributed by atoms with E-state index in [4.69, 9.17) is 18.6 Å². The summed E-state index contributed by atoms with van der Waals surface area (Å²) in [6.07, 6.45) is 0. The number of fused-ring (bicyclic) bond motifs is 1. The van der Waals surface area contributed by atoms with Crippen LogP contribution in [0.2, 0.25) is 0 Å². The summed E-state index contributed by atoms with van der Waals surface area (Å²) in [7, 11) is 4.64. The van der Waals surface area contributed by atoms with Crippen molar-refractivity contribution in [2.45, 2.75) is 6.54 Å². The Morgan fingerprint density at radius 1 is 1.04 bits per heavy atom. The van der Waals surface area contributed by atoms with Gasteiger partial charge in [-0.05, 0) is 42.0 Å². The molecule has 3 aromatic rings. The maximum Gasteiger partial charge on any atom is 0.287 e. The Balaban J connectivity index is 1.78. The first-order valence-electron chi connectivity index (χ1n) is 7.82. The number of hydrogen-bond acceptors (Lipinski definition) is 5. The maximum atomic E-state index is 12.4. The van der Waals surface area contributed by atoms with Gasteiger partial charge in [-0.25, -0.2) is 0 Å². The molecule has 136 valence electrons. The number of furan rings is 1. The van der Waals surface area contributed by atoms with Gasteiger partial charge in [-0.15, -0.1) is 0 Å². The second-order valence-electron chi connectivity index (χ2n) is 5.51. The number of carbonyl (C=O) groups is 1. The highest BCUT2D eigenvalue weighted by Crippen LogP contribution is 2.38. The van der Waals surface area contributed by atoms with Crippen molar-refractivity contribution >= 4 is 32.8 Å². The fourth-order valence-electron chi connectivity index (χ4n) is 2.63. The van der Waals surface area contributed by atoms with E-state index in [0.717, 1.165) is 15.4 Å². The van der Waals surface area contributed by atoms with Crippen LogP contribution in [0.4, 0.5) is 0 Å². The Morgan fingerprint density at radius 3 is 2.35 bits per heavy atom. The Kier molecular flexibility index (Phi) is 5.37. The standard InChI is InChI=1S/C19H18BrNO5/c1-23-15-6-11(7-16(24-2)18(15)25-3)10-21-19(22)17-9-12-8-13(20)4-5-14(12)26-17/h4-9H,10H2,1-3H3,(H,21,22). The second-order valence-corrected chi connectivity index (χ2v) is 6.42. The molecule has 0 saturated heterocycles. The number of carbonyl (C=O) groups excluding carboxylic acids is 1. The van der Waals surface area contributed by atoms with Gasteiger partial charge in [-0.2, -0.15) is 0 Å². The highest BCUT2D eigenvalue weighted by molar-refractivity contribution is 9.10. The maximum absolute atomic E-state index is 12.4. The van der Waals surface area contributed by atoms with Gasteiger partial charge in [0, 0.05) is 16.4 Å². The number of methoxy groups -OCH3 is 3. The number of amides is 1. The average Bonchev–Trinajstić information content (AvgIpc) is 3.08. The molecule has 1 aromatic heterocycles. The molecule has 0 unspecified atom stereocenters. The van der Waals surface area contributed by atoms with Crippen LogP contribution >= 0.6 is 15.9 Å². The van der Waals surface area contributed by atoms with Crippen molar-refractivity contribution in [1.29, 1.82) is 0 Å². The van der Waals surface area contributed by atoms with E-state index in [2.05, 4.69) is 21.2 Å². The molecule has 0 aliphatic rings. The SMILES string of the molecule is COc1cc(CNC(=O)c2cc3cc(Br)ccc3o2)cc(OC)c1OC. The number of halogens is 1. The molecule has 0 spiro atoms. The number of ether oxygens (including phenoxy) is 3. The average molecular weight is 420 g/mol. The first-order valence-corrected chi connectivity index (χ1v) is 8.61. The fourth-order valence-corrected chi connectivity index (χ4v) is 3.01. The van der Waals surface area contributed by atoms with Gasteiger partial charge >= 0.3 is 0 Å². The summed E-state index contributed by atoms with van der Waals surface area (Å²) in [4.78, 5) is 12.4. The Morgan fingerprint density at radius 2 is 1.73 bits per heavy atom. The minimum absolute atomic E-state index is 0.255. The van der Waals surface area contributed by atoms with E-state index in [-0.39, 0.29) is 18.2 Å². The summed E-state index contributed by atoms with van der Waals surface area (Å²) < 4.78 is 22.5. The zero-order chi connectivity index (χ0) is 18.7. The quantitative estimate of drug-likeness (QED) is 0.649. The van der Waals surface area contributed by atoms with Gasteiger partial charge in [-0.3, -0.25) is 4.79 Å². The van der Waals surface area contributed by atoms with Gasteiger partial charge in [0.15, 0.2) is 17.3 Å². The lowest BCUT2D eigenvalue weighted by Gasteiger charge is -2.14. The largest absolute Gasteiger partial charge is 0.493 e. The molecule has 0 saturated carbocycles. The van der Waals surface area contributed by atoms with E-state index in [1.165, 1.54) is 0 Å². The van der Waals surface area contributed by atoms with E-state index in [1.54, 1.807) is 39.5 Å². The van der Waals surface area contributed by atoms with Gasteiger partial charge in [0.2, 0.25) is 5.75 Å². The molecule has 0 bridgehead atoms. The molecule has 0 fully saturated rings. The lowest BCUT2D eigenvalue weighted by atomic mass is 10.1. The molecule has 1 amide bonds. The third-order valence-corrected chi connectivity index (χ3v) is 4.37. The van der Waals surface area contributed by atoms with E-state index >= 15 is 0 Å². The fraction of sp³-hybridized carbons (Fsp3) is 0.211. The van der Waals surface area contributed by atoms with Crippen LogP contribution in [0, 0.1) is 0 Å². The predicted octanol–water partition coefficient (Wildman–Crippen LogP) is 4.15. The van der Waals surface area contributed by atoms with Gasteiger partial charge in [0.05, 0.1) is 21.3 Å². The van der Waals surface area contributed by atoms with Crippen molar-refractivity contribution in [3.8, 4) is 17.2 Å². The lowest BCUT2D eigenvalue weighted by molar-refractivity contribution is 0.0925. The highest BCUT2D eigenvalue weighted by atomic mass is 79.9. The summed E-state index contributed by atoms with van der Waals surface area (Å²) >= 11 is 3.40. The van der Waals surface area contributed by atoms with E-state index in [9.17, 15) is 4.79 Å². The van der Waals surface area contributed by atoms with E-state index in [0.29, 0.717) is 22.8 Å². The normalized spacial score (nSPS) is 10.6. The molecule has 0 aliphatic carbocycles. The molecule has 0 atom stereocenters. The smallest absolute Gasteiger partial charge is 0.287 e. The summed E-state index contributed by atoms with van der Waals surface area (Å²) in [5, 5.41) is 3.69. The lowest BCUT2D eigenvalue weighted by Crippen LogP contribution is -2.22. The van der Waals surface area contributed by atoms with Crippen LogP contribution in [0.5, 0.6) is 17.2 Å². The van der Waals surface area contributed by atoms with Crippen molar-refractivity contribution in [1.82, 2.24) is 5.32 Å². The van der Waals surface area contributed by atoms with Gasteiger partial charge in [0.1, 0.15) is 5.58 Å². The monoisotopic (exact) mass is 419 g/mol. The number of benzene rings is 2. The minimum Gasteiger partial charge on any atom is -0.493 e. The molecule has 0 aliphatic heterocycles. The van der Waals surface area contributed by atoms with Crippen LogP contribution in [-0.4, -0.2) is 27.2 Å².